The molecule has 1 heterocycles. The molecule has 13 heteroatoms. The van der Waals surface area contributed by atoms with Gasteiger partial charge in [-0.25, -0.2) is 17.5 Å². The Morgan fingerprint density at radius 3 is 2.56 bits per heavy atom. The predicted molar refractivity (Wildman–Crippen MR) is 120 cm³/mol. The Morgan fingerprint density at radius 2 is 1.91 bits per heavy atom. The van der Waals surface area contributed by atoms with E-state index in [9.17, 15) is 28.1 Å². The van der Waals surface area contributed by atoms with Crippen molar-refractivity contribution in [2.75, 3.05) is 26.0 Å². The number of sulfonamides is 1. The van der Waals surface area contributed by atoms with Gasteiger partial charge in [0.1, 0.15) is 9.77 Å². The molecule has 0 saturated carbocycles. The smallest absolute Gasteiger partial charge is 0.348 e. The van der Waals surface area contributed by atoms with Gasteiger partial charge >= 0.3 is 5.97 Å². The van der Waals surface area contributed by atoms with Gasteiger partial charge in [0.2, 0.25) is 10.0 Å². The molecule has 3 aromatic rings. The summed E-state index contributed by atoms with van der Waals surface area (Å²) in [5, 5.41) is 13.8. The second-order valence-electron chi connectivity index (χ2n) is 6.65. The number of nitro benzene ring substituents is 1. The van der Waals surface area contributed by atoms with Crippen molar-refractivity contribution in [3.63, 3.8) is 0 Å². The number of benzene rings is 2. The standard InChI is InChI=1S/C19H16ClN3O7S2/c1-22(2)32(28,29)17-9-12(3-5-14(17)20)21-18(24)10-30-19(25)16-8-11-7-13(23(26)27)4-6-15(11)31-16/h3-9H,10H2,1-2H3,(H,21,24). The first-order valence-electron chi connectivity index (χ1n) is 8.86. The summed E-state index contributed by atoms with van der Waals surface area (Å²) in [4.78, 5) is 34.8. The van der Waals surface area contributed by atoms with Crippen LogP contribution in [0.4, 0.5) is 11.4 Å². The number of amides is 1. The van der Waals surface area contributed by atoms with E-state index < -0.39 is 33.4 Å². The molecule has 0 saturated heterocycles. The molecule has 0 radical (unpaired) electrons. The molecule has 0 spiro atoms. The maximum absolute atomic E-state index is 12.3. The fourth-order valence-corrected chi connectivity index (χ4v) is 4.95. The molecule has 3 rings (SSSR count). The summed E-state index contributed by atoms with van der Waals surface area (Å²) in [6, 6.07) is 9.60. The Labute approximate surface area is 191 Å². The number of fused-ring (bicyclic) bond motifs is 1. The lowest BCUT2D eigenvalue weighted by Gasteiger charge is -2.14. The summed E-state index contributed by atoms with van der Waals surface area (Å²) in [7, 11) is -1.13. The van der Waals surface area contributed by atoms with Crippen molar-refractivity contribution < 1.29 is 27.7 Å². The van der Waals surface area contributed by atoms with Gasteiger partial charge in [-0.2, -0.15) is 0 Å². The van der Waals surface area contributed by atoms with Crippen molar-refractivity contribution in [2.45, 2.75) is 4.90 Å². The molecule has 0 aliphatic heterocycles. The van der Waals surface area contributed by atoms with Crippen molar-refractivity contribution in [2.24, 2.45) is 0 Å². The van der Waals surface area contributed by atoms with Crippen LogP contribution in [-0.4, -0.2) is 50.2 Å². The van der Waals surface area contributed by atoms with Gasteiger partial charge in [0.25, 0.3) is 11.6 Å². The van der Waals surface area contributed by atoms with Crippen LogP contribution >= 0.6 is 22.9 Å². The van der Waals surface area contributed by atoms with E-state index in [1.165, 1.54) is 56.6 Å². The number of carbonyl (C=O) groups is 2. The lowest BCUT2D eigenvalue weighted by atomic mass is 10.2. The van der Waals surface area contributed by atoms with Gasteiger partial charge in [-0.15, -0.1) is 11.3 Å². The van der Waals surface area contributed by atoms with E-state index in [1.54, 1.807) is 0 Å². The highest BCUT2D eigenvalue weighted by Gasteiger charge is 2.22. The van der Waals surface area contributed by atoms with Crippen molar-refractivity contribution in [1.82, 2.24) is 4.31 Å². The molecule has 1 N–H and O–H groups in total. The number of carbonyl (C=O) groups excluding carboxylic acids is 2. The van der Waals surface area contributed by atoms with Crippen LogP contribution in [0.5, 0.6) is 0 Å². The first kappa shape index (κ1) is 23.6. The second kappa shape index (κ2) is 9.20. The number of non-ortho nitro benzene ring substituents is 1. The zero-order valence-corrected chi connectivity index (χ0v) is 19.1. The summed E-state index contributed by atoms with van der Waals surface area (Å²) < 4.78 is 31.3. The van der Waals surface area contributed by atoms with E-state index in [2.05, 4.69) is 5.32 Å². The molecule has 1 aromatic heterocycles. The fourth-order valence-electron chi connectivity index (χ4n) is 2.62. The lowest BCUT2D eigenvalue weighted by molar-refractivity contribution is -0.384. The van der Waals surface area contributed by atoms with E-state index in [1.807, 2.05) is 0 Å². The number of nitrogens with one attached hydrogen (secondary N) is 1. The Bertz CT molecular complexity index is 1340. The van der Waals surface area contributed by atoms with Crippen LogP contribution in [0.2, 0.25) is 5.02 Å². The molecule has 2 aromatic carbocycles. The van der Waals surface area contributed by atoms with Gasteiger partial charge in [0, 0.05) is 42.0 Å². The SMILES string of the molecule is CN(C)S(=O)(=O)c1cc(NC(=O)COC(=O)c2cc3cc([N+](=O)[O-])ccc3s2)ccc1Cl. The van der Waals surface area contributed by atoms with Crippen LogP contribution in [0.1, 0.15) is 9.67 Å². The van der Waals surface area contributed by atoms with Crippen LogP contribution < -0.4 is 5.32 Å². The average molecular weight is 498 g/mol. The normalized spacial score (nSPS) is 11.5. The number of hydrogen-bond acceptors (Lipinski definition) is 8. The number of thiophene rings is 1. The molecule has 0 aliphatic carbocycles. The first-order chi connectivity index (χ1) is 15.0. The minimum atomic E-state index is -3.82. The van der Waals surface area contributed by atoms with Crippen molar-refractivity contribution in [3.8, 4) is 0 Å². The van der Waals surface area contributed by atoms with Crippen LogP contribution in [0.25, 0.3) is 10.1 Å². The third kappa shape index (κ3) is 5.05. The first-order valence-corrected chi connectivity index (χ1v) is 11.5. The highest BCUT2D eigenvalue weighted by molar-refractivity contribution is 7.89. The van der Waals surface area contributed by atoms with Gasteiger partial charge < -0.3 is 10.1 Å². The summed E-state index contributed by atoms with van der Waals surface area (Å²) in [5.41, 5.74) is 0.0539. The summed E-state index contributed by atoms with van der Waals surface area (Å²) >= 11 is 7.04. The Kier molecular flexibility index (Phi) is 6.79. The van der Waals surface area contributed by atoms with Crippen molar-refractivity contribution in [1.29, 1.82) is 0 Å². The molecule has 168 valence electrons. The minimum Gasteiger partial charge on any atom is -0.451 e. The number of nitrogens with zero attached hydrogens (tertiary/aromatic N) is 2. The molecule has 32 heavy (non-hydrogen) atoms. The maximum atomic E-state index is 12.3. The van der Waals surface area contributed by atoms with E-state index in [0.717, 1.165) is 15.6 Å². The zero-order valence-electron chi connectivity index (χ0n) is 16.7. The number of ether oxygens (including phenoxy) is 1. The minimum absolute atomic E-state index is 0.00637. The Balaban J connectivity index is 1.67. The average Bonchev–Trinajstić information content (AvgIpc) is 3.16. The van der Waals surface area contributed by atoms with E-state index in [0.29, 0.717) is 10.1 Å². The largest absolute Gasteiger partial charge is 0.451 e. The summed E-state index contributed by atoms with van der Waals surface area (Å²) in [5.74, 6) is -1.46. The molecular weight excluding hydrogens is 482 g/mol. The molecular formula is C19H16ClN3O7S2. The Morgan fingerprint density at radius 1 is 1.19 bits per heavy atom. The van der Waals surface area contributed by atoms with Crippen LogP contribution in [0.3, 0.4) is 0 Å². The van der Waals surface area contributed by atoms with Crippen LogP contribution in [0, 0.1) is 10.1 Å². The molecule has 0 aliphatic rings. The molecule has 10 nitrogen and oxygen atoms in total. The third-order valence-electron chi connectivity index (χ3n) is 4.22. The summed E-state index contributed by atoms with van der Waals surface area (Å²) in [6.07, 6.45) is 0. The van der Waals surface area contributed by atoms with Crippen LogP contribution in [-0.2, 0) is 19.6 Å². The van der Waals surface area contributed by atoms with E-state index in [-0.39, 0.29) is 26.2 Å². The summed E-state index contributed by atoms with van der Waals surface area (Å²) in [6.45, 7) is -0.619. The molecule has 0 fully saturated rings. The molecule has 0 unspecified atom stereocenters. The monoisotopic (exact) mass is 497 g/mol. The topological polar surface area (TPSA) is 136 Å². The van der Waals surface area contributed by atoms with Gasteiger partial charge in [0.15, 0.2) is 6.61 Å². The maximum Gasteiger partial charge on any atom is 0.348 e. The zero-order chi connectivity index (χ0) is 23.6. The van der Waals surface area contributed by atoms with E-state index in [4.69, 9.17) is 16.3 Å². The van der Waals surface area contributed by atoms with Crippen LogP contribution in [0.15, 0.2) is 47.4 Å². The quantitative estimate of drug-likeness (QED) is 0.299. The number of hydrogen-bond donors (Lipinski definition) is 1. The molecule has 0 atom stereocenters. The fraction of sp³-hybridized carbons (Fsp3) is 0.158. The van der Waals surface area contributed by atoms with Gasteiger partial charge in [-0.3, -0.25) is 14.9 Å². The molecule has 1 amide bonds. The van der Waals surface area contributed by atoms with Gasteiger partial charge in [-0.1, -0.05) is 11.6 Å². The number of esters is 1. The second-order valence-corrected chi connectivity index (χ2v) is 10.3. The number of nitro groups is 1. The highest BCUT2D eigenvalue weighted by Crippen LogP contribution is 2.29. The van der Waals surface area contributed by atoms with E-state index >= 15 is 0 Å². The van der Waals surface area contributed by atoms with Gasteiger partial charge in [-0.05, 0) is 30.3 Å². The highest BCUT2D eigenvalue weighted by atomic mass is 35.5. The number of halogens is 1. The molecule has 0 bridgehead atoms. The lowest BCUT2D eigenvalue weighted by Crippen LogP contribution is -2.23. The Hall–Kier alpha value is -3.06. The van der Waals surface area contributed by atoms with Crippen molar-refractivity contribution >= 4 is 66.3 Å². The third-order valence-corrected chi connectivity index (χ3v) is 7.61. The van der Waals surface area contributed by atoms with Gasteiger partial charge in [0.05, 0.1) is 9.95 Å². The predicted octanol–water partition coefficient (Wildman–Crippen LogP) is 3.51. The number of anilines is 1. The number of rotatable bonds is 7. The van der Waals surface area contributed by atoms with Crippen molar-refractivity contribution in [3.05, 3.63) is 62.5 Å².